The van der Waals surface area contributed by atoms with Crippen molar-refractivity contribution in [1.82, 2.24) is 10.2 Å². The molecule has 2 heteroatoms. The Morgan fingerprint density at radius 1 is 1.21 bits per heavy atom. The molecule has 0 aromatic heterocycles. The zero-order chi connectivity index (χ0) is 13.9. The lowest BCUT2D eigenvalue weighted by atomic mass is 9.84. The molecule has 112 valence electrons. The molecule has 0 amide bonds. The zero-order valence-electron chi connectivity index (χ0n) is 13.6. The Balaban J connectivity index is 2.07. The first-order chi connectivity index (χ1) is 9.03. The minimum Gasteiger partial charge on any atom is -0.308 e. The van der Waals surface area contributed by atoms with Gasteiger partial charge in [0.05, 0.1) is 0 Å². The van der Waals surface area contributed by atoms with Crippen molar-refractivity contribution in [3.05, 3.63) is 0 Å². The van der Waals surface area contributed by atoms with Gasteiger partial charge in [-0.15, -0.1) is 0 Å². The molecular formula is C17H34N2. The van der Waals surface area contributed by atoms with Crippen LogP contribution in [0.25, 0.3) is 0 Å². The molecule has 2 nitrogen and oxygen atoms in total. The third-order valence-corrected chi connectivity index (χ3v) is 5.68. The van der Waals surface area contributed by atoms with Gasteiger partial charge in [-0.3, -0.25) is 4.90 Å². The van der Waals surface area contributed by atoms with E-state index in [0.29, 0.717) is 11.1 Å². The Morgan fingerprint density at radius 2 is 1.89 bits per heavy atom. The number of nitrogens with one attached hydrogen (secondary N) is 1. The molecule has 2 atom stereocenters. The third kappa shape index (κ3) is 3.33. The minimum atomic E-state index is 0.333. The second-order valence-electron chi connectivity index (χ2n) is 7.47. The lowest BCUT2D eigenvalue weighted by molar-refractivity contribution is 0.00144. The number of piperazine rings is 1. The van der Waals surface area contributed by atoms with Crippen LogP contribution in [0.5, 0.6) is 0 Å². The van der Waals surface area contributed by atoms with Crippen LogP contribution in [0.15, 0.2) is 0 Å². The maximum atomic E-state index is 3.87. The van der Waals surface area contributed by atoms with E-state index in [4.69, 9.17) is 0 Å². The van der Waals surface area contributed by atoms with Gasteiger partial charge >= 0.3 is 0 Å². The van der Waals surface area contributed by atoms with Gasteiger partial charge in [0.1, 0.15) is 0 Å². The first-order valence-corrected chi connectivity index (χ1v) is 8.54. The fourth-order valence-corrected chi connectivity index (χ4v) is 4.12. The summed E-state index contributed by atoms with van der Waals surface area (Å²) >= 11 is 0. The first kappa shape index (κ1) is 15.3. The van der Waals surface area contributed by atoms with Crippen LogP contribution in [0.3, 0.4) is 0 Å². The predicted molar refractivity (Wildman–Crippen MR) is 83.5 cm³/mol. The summed E-state index contributed by atoms with van der Waals surface area (Å²) in [4.78, 5) is 2.88. The molecule has 0 aromatic rings. The molecule has 1 spiro atoms. The van der Waals surface area contributed by atoms with Crippen LogP contribution in [-0.2, 0) is 0 Å². The topological polar surface area (TPSA) is 15.3 Å². The Kier molecular flexibility index (Phi) is 4.94. The van der Waals surface area contributed by atoms with Crippen molar-refractivity contribution in [3.8, 4) is 0 Å². The highest BCUT2D eigenvalue weighted by Crippen LogP contribution is 2.39. The molecule has 0 aromatic carbocycles. The van der Waals surface area contributed by atoms with E-state index >= 15 is 0 Å². The molecule has 1 saturated heterocycles. The van der Waals surface area contributed by atoms with Crippen molar-refractivity contribution in [2.24, 2.45) is 5.92 Å². The second kappa shape index (κ2) is 6.13. The molecule has 2 fully saturated rings. The number of nitrogens with zero attached hydrogens (tertiary/aromatic N) is 1. The zero-order valence-corrected chi connectivity index (χ0v) is 13.6. The Bertz CT molecular complexity index is 283. The van der Waals surface area contributed by atoms with Gasteiger partial charge in [0.25, 0.3) is 0 Å². The molecule has 2 rings (SSSR count). The fraction of sp³-hybridized carbons (Fsp3) is 1.00. The molecule has 0 bridgehead atoms. The van der Waals surface area contributed by atoms with Gasteiger partial charge in [-0.05, 0) is 38.5 Å². The highest BCUT2D eigenvalue weighted by atomic mass is 15.3. The normalized spacial score (nSPS) is 32.8. The first-order valence-electron chi connectivity index (χ1n) is 8.54. The summed E-state index contributed by atoms with van der Waals surface area (Å²) in [5.74, 6) is 0.849. The van der Waals surface area contributed by atoms with E-state index in [-0.39, 0.29) is 0 Å². The summed E-state index contributed by atoms with van der Waals surface area (Å²) in [6.45, 7) is 13.3. The van der Waals surface area contributed by atoms with Crippen molar-refractivity contribution in [3.63, 3.8) is 0 Å². The maximum Gasteiger partial charge on any atom is 0.0335 e. The molecule has 0 radical (unpaired) electrons. The van der Waals surface area contributed by atoms with Crippen LogP contribution >= 0.6 is 0 Å². The van der Waals surface area contributed by atoms with Crippen LogP contribution in [0.1, 0.15) is 72.6 Å². The van der Waals surface area contributed by atoms with Crippen molar-refractivity contribution < 1.29 is 0 Å². The van der Waals surface area contributed by atoms with E-state index in [9.17, 15) is 0 Å². The third-order valence-electron chi connectivity index (χ3n) is 5.68. The average molecular weight is 266 g/mol. The van der Waals surface area contributed by atoms with Crippen LogP contribution in [-0.4, -0.2) is 35.6 Å². The van der Waals surface area contributed by atoms with E-state index < -0.39 is 0 Å². The Labute approximate surface area is 120 Å². The molecule has 1 aliphatic carbocycles. The van der Waals surface area contributed by atoms with Gasteiger partial charge in [0.2, 0.25) is 0 Å². The summed E-state index contributed by atoms with van der Waals surface area (Å²) in [6, 6.07) is 0. The van der Waals surface area contributed by atoms with Crippen molar-refractivity contribution in [2.45, 2.75) is 83.7 Å². The van der Waals surface area contributed by atoms with Gasteiger partial charge in [-0.1, -0.05) is 40.0 Å². The van der Waals surface area contributed by atoms with Crippen molar-refractivity contribution in [1.29, 1.82) is 0 Å². The van der Waals surface area contributed by atoms with E-state index in [1.54, 1.807) is 0 Å². The molecule has 1 N–H and O–H groups in total. The summed E-state index contributed by atoms with van der Waals surface area (Å²) in [6.07, 6.45) is 9.64. The largest absolute Gasteiger partial charge is 0.308 e. The van der Waals surface area contributed by atoms with Gasteiger partial charge in [0.15, 0.2) is 0 Å². The molecule has 19 heavy (non-hydrogen) atoms. The van der Waals surface area contributed by atoms with Gasteiger partial charge in [-0.25, -0.2) is 0 Å². The van der Waals surface area contributed by atoms with E-state index in [0.717, 1.165) is 5.92 Å². The van der Waals surface area contributed by atoms with E-state index in [1.807, 2.05) is 0 Å². The molecule has 1 saturated carbocycles. The quantitative estimate of drug-likeness (QED) is 0.814. The van der Waals surface area contributed by atoms with Crippen LogP contribution in [0.2, 0.25) is 0 Å². The van der Waals surface area contributed by atoms with E-state index in [2.05, 4.69) is 37.9 Å². The Morgan fingerprint density at radius 3 is 2.47 bits per heavy atom. The van der Waals surface area contributed by atoms with Gasteiger partial charge in [-0.2, -0.15) is 0 Å². The fourth-order valence-electron chi connectivity index (χ4n) is 4.12. The smallest absolute Gasteiger partial charge is 0.0335 e. The monoisotopic (exact) mass is 266 g/mol. The number of rotatable bonds is 5. The number of hydrogen-bond acceptors (Lipinski definition) is 2. The summed E-state index contributed by atoms with van der Waals surface area (Å²) in [5, 5.41) is 3.87. The van der Waals surface area contributed by atoms with Gasteiger partial charge in [0, 0.05) is 30.7 Å². The lowest BCUT2D eigenvalue weighted by Crippen LogP contribution is -2.68. The van der Waals surface area contributed by atoms with Crippen LogP contribution in [0, 0.1) is 5.92 Å². The highest BCUT2D eigenvalue weighted by molar-refractivity contribution is 5.05. The van der Waals surface area contributed by atoms with Gasteiger partial charge < -0.3 is 5.32 Å². The lowest BCUT2D eigenvalue weighted by Gasteiger charge is -2.53. The molecule has 2 aliphatic rings. The molecule has 1 aliphatic heterocycles. The predicted octanol–water partition coefficient (Wildman–Crippen LogP) is 3.81. The Hall–Kier alpha value is -0.0800. The number of hydrogen-bond donors (Lipinski definition) is 1. The van der Waals surface area contributed by atoms with Crippen molar-refractivity contribution >= 4 is 0 Å². The highest BCUT2D eigenvalue weighted by Gasteiger charge is 2.46. The van der Waals surface area contributed by atoms with Crippen molar-refractivity contribution in [2.75, 3.05) is 19.6 Å². The summed E-state index contributed by atoms with van der Waals surface area (Å²) in [7, 11) is 0. The summed E-state index contributed by atoms with van der Waals surface area (Å²) in [5.41, 5.74) is 0.830. The standard InChI is InChI=1S/C17H34N2/c1-5-9-15(3)12-19-14-16(4,6-2)18-13-17(19)10-7-8-11-17/h15,18H,5-14H2,1-4H3. The van der Waals surface area contributed by atoms with Crippen LogP contribution in [0.4, 0.5) is 0 Å². The maximum absolute atomic E-state index is 3.87. The van der Waals surface area contributed by atoms with Crippen LogP contribution < -0.4 is 5.32 Å². The average Bonchev–Trinajstić information content (AvgIpc) is 2.85. The second-order valence-corrected chi connectivity index (χ2v) is 7.47. The summed E-state index contributed by atoms with van der Waals surface area (Å²) < 4.78 is 0. The molecule has 2 unspecified atom stereocenters. The minimum absolute atomic E-state index is 0.333. The molecule has 1 heterocycles. The van der Waals surface area contributed by atoms with E-state index in [1.165, 1.54) is 64.6 Å². The SMILES string of the molecule is CCCC(C)CN1CC(C)(CC)NCC12CCCC2. The molecular weight excluding hydrogens is 232 g/mol.